The average molecular weight is 743 g/mol. The van der Waals surface area contributed by atoms with E-state index in [0.717, 1.165) is 47.7 Å². The Labute approximate surface area is 301 Å². The molecule has 13 heteroatoms. The predicted molar refractivity (Wildman–Crippen MR) is 192 cm³/mol. The van der Waals surface area contributed by atoms with Crippen LogP contribution in [0.15, 0.2) is 95.9 Å². The molecule has 0 aromatic heterocycles. The van der Waals surface area contributed by atoms with Crippen molar-refractivity contribution >= 4 is 50.7 Å². The van der Waals surface area contributed by atoms with Crippen LogP contribution in [0.4, 0.5) is 10.1 Å². The average Bonchev–Trinajstić information content (AvgIpc) is 3.63. The summed E-state index contributed by atoms with van der Waals surface area (Å²) in [5.41, 5.74) is 1.42. The first-order valence-corrected chi connectivity index (χ1v) is 18.3. The molecule has 5 rings (SSSR count). The zero-order valence-corrected chi connectivity index (χ0v) is 30.0. The topological polar surface area (TPSA) is 105 Å². The van der Waals surface area contributed by atoms with Gasteiger partial charge >= 0.3 is 0 Å². The lowest BCUT2D eigenvalue weighted by Crippen LogP contribution is -2.54. The van der Waals surface area contributed by atoms with E-state index in [1.807, 2.05) is 30.3 Å². The summed E-state index contributed by atoms with van der Waals surface area (Å²) >= 11 is 12.6. The van der Waals surface area contributed by atoms with Crippen LogP contribution in [0.25, 0.3) is 0 Å². The molecular formula is C37H38Cl2FN3O6S. The van der Waals surface area contributed by atoms with E-state index in [9.17, 15) is 22.4 Å². The zero-order valence-electron chi connectivity index (χ0n) is 27.7. The largest absolute Gasteiger partial charge is 0.493 e. The van der Waals surface area contributed by atoms with Gasteiger partial charge in [0.1, 0.15) is 18.4 Å². The molecule has 264 valence electrons. The van der Waals surface area contributed by atoms with Gasteiger partial charge in [0, 0.05) is 25.1 Å². The molecule has 0 heterocycles. The summed E-state index contributed by atoms with van der Waals surface area (Å²) in [7, 11) is -1.67. The lowest BCUT2D eigenvalue weighted by molar-refractivity contribution is -0.140. The number of carbonyl (C=O) groups excluding carboxylic acids is 2. The third kappa shape index (κ3) is 8.88. The fourth-order valence-electron chi connectivity index (χ4n) is 6.00. The number of carbonyl (C=O) groups is 2. The first-order valence-electron chi connectivity index (χ1n) is 16.1. The summed E-state index contributed by atoms with van der Waals surface area (Å²) < 4.78 is 54.3. The van der Waals surface area contributed by atoms with Crippen molar-refractivity contribution in [2.45, 2.75) is 55.6 Å². The highest BCUT2D eigenvalue weighted by Gasteiger charge is 2.36. The lowest BCUT2D eigenvalue weighted by atomic mass is 10.0. The normalized spacial score (nSPS) is 13.8. The number of amides is 2. The van der Waals surface area contributed by atoms with Gasteiger partial charge in [-0.1, -0.05) is 72.4 Å². The van der Waals surface area contributed by atoms with Gasteiger partial charge in [-0.05, 0) is 72.5 Å². The fourth-order valence-corrected chi connectivity index (χ4v) is 7.75. The molecule has 50 heavy (non-hydrogen) atoms. The third-order valence-corrected chi connectivity index (χ3v) is 11.2. The molecule has 1 N–H and O–H groups in total. The first-order chi connectivity index (χ1) is 24.0. The van der Waals surface area contributed by atoms with Gasteiger partial charge < -0.3 is 19.7 Å². The second-order valence-electron chi connectivity index (χ2n) is 12.0. The molecule has 1 aliphatic rings. The van der Waals surface area contributed by atoms with Crippen molar-refractivity contribution in [1.82, 2.24) is 10.2 Å². The fraction of sp³-hybridized carbons (Fsp3) is 0.297. The van der Waals surface area contributed by atoms with Crippen molar-refractivity contribution in [3.8, 4) is 11.5 Å². The Morgan fingerprint density at radius 3 is 2.18 bits per heavy atom. The van der Waals surface area contributed by atoms with Gasteiger partial charge in [-0.25, -0.2) is 12.8 Å². The molecule has 0 bridgehead atoms. The Balaban J connectivity index is 1.59. The van der Waals surface area contributed by atoms with E-state index in [4.69, 9.17) is 32.7 Å². The molecule has 2 amide bonds. The molecule has 9 nitrogen and oxygen atoms in total. The lowest BCUT2D eigenvalue weighted by Gasteiger charge is -2.34. The van der Waals surface area contributed by atoms with Crippen LogP contribution in [0, 0.1) is 5.82 Å². The van der Waals surface area contributed by atoms with Gasteiger partial charge in [0.05, 0.1) is 34.8 Å². The highest BCUT2D eigenvalue weighted by atomic mass is 35.5. The van der Waals surface area contributed by atoms with Crippen LogP contribution >= 0.6 is 23.2 Å². The molecule has 1 fully saturated rings. The number of halogens is 3. The Kier molecular flexibility index (Phi) is 12.3. The monoisotopic (exact) mass is 741 g/mol. The molecule has 4 aromatic rings. The number of ether oxygens (including phenoxy) is 2. The van der Waals surface area contributed by atoms with Crippen molar-refractivity contribution in [3.05, 3.63) is 118 Å². The molecule has 0 saturated heterocycles. The number of rotatable bonds is 14. The predicted octanol–water partition coefficient (Wildman–Crippen LogP) is 7.04. The van der Waals surface area contributed by atoms with E-state index in [2.05, 4.69) is 5.32 Å². The standard InChI is InChI=1S/C37H38Cl2FN3O6S/c1-48-34-19-17-30(22-35(34)49-2)50(46,47)43(29-15-13-27(40)14-16-29)24-36(44)42(23-26-12-18-31(38)32(39)20-26)33(21-25-8-4-3-5-9-25)37(45)41-28-10-6-7-11-28/h3-5,8-9,12-20,22,28,33H,6-7,10-11,21,23-24H2,1-2H3,(H,41,45)/t33-/m1/s1. The highest BCUT2D eigenvalue weighted by molar-refractivity contribution is 7.92. The van der Waals surface area contributed by atoms with Crippen molar-refractivity contribution in [2.75, 3.05) is 25.1 Å². The summed E-state index contributed by atoms with van der Waals surface area (Å²) in [6.07, 6.45) is 3.78. The number of nitrogens with zero attached hydrogens (tertiary/aromatic N) is 2. The van der Waals surface area contributed by atoms with Crippen LogP contribution in [-0.4, -0.2) is 58.0 Å². The maximum Gasteiger partial charge on any atom is 0.264 e. The number of nitrogens with one attached hydrogen (secondary N) is 1. The molecule has 0 unspecified atom stereocenters. The summed E-state index contributed by atoms with van der Waals surface area (Å²) in [6, 6.07) is 21.9. The van der Waals surface area contributed by atoms with E-state index < -0.39 is 34.3 Å². The number of hydrogen-bond donors (Lipinski definition) is 1. The van der Waals surface area contributed by atoms with Crippen LogP contribution in [0.1, 0.15) is 36.8 Å². The van der Waals surface area contributed by atoms with E-state index in [1.54, 1.807) is 18.2 Å². The van der Waals surface area contributed by atoms with Crippen LogP contribution in [-0.2, 0) is 32.6 Å². The number of benzene rings is 4. The maximum absolute atomic E-state index is 14.7. The molecule has 0 aliphatic heterocycles. The smallest absolute Gasteiger partial charge is 0.264 e. The number of hydrogen-bond acceptors (Lipinski definition) is 6. The minimum atomic E-state index is -4.47. The van der Waals surface area contributed by atoms with Gasteiger partial charge in [0.15, 0.2) is 11.5 Å². The SMILES string of the molecule is COc1ccc(S(=O)(=O)N(CC(=O)N(Cc2ccc(Cl)c(Cl)c2)[C@H](Cc2ccccc2)C(=O)NC2CCCC2)c2ccc(F)cc2)cc1OC. The molecular weight excluding hydrogens is 704 g/mol. The minimum Gasteiger partial charge on any atom is -0.493 e. The Hall–Kier alpha value is -4.32. The van der Waals surface area contributed by atoms with Gasteiger partial charge in [-0.15, -0.1) is 0 Å². The first kappa shape index (κ1) is 36.9. The number of methoxy groups -OCH3 is 2. The van der Waals surface area contributed by atoms with Crippen molar-refractivity contribution in [1.29, 1.82) is 0 Å². The van der Waals surface area contributed by atoms with E-state index >= 15 is 0 Å². The molecule has 1 aliphatic carbocycles. The molecule has 4 aromatic carbocycles. The summed E-state index contributed by atoms with van der Waals surface area (Å²) in [5.74, 6) is -1.15. The van der Waals surface area contributed by atoms with E-state index in [0.29, 0.717) is 16.3 Å². The third-order valence-electron chi connectivity index (χ3n) is 8.65. The Morgan fingerprint density at radius 2 is 1.54 bits per heavy atom. The molecule has 0 radical (unpaired) electrons. The van der Waals surface area contributed by atoms with Crippen molar-refractivity contribution in [2.24, 2.45) is 0 Å². The quantitative estimate of drug-likeness (QED) is 0.149. The highest BCUT2D eigenvalue weighted by Crippen LogP contribution is 2.33. The zero-order chi connectivity index (χ0) is 35.8. The second-order valence-corrected chi connectivity index (χ2v) is 14.6. The summed E-state index contributed by atoms with van der Waals surface area (Å²) in [4.78, 5) is 30.0. The van der Waals surface area contributed by atoms with Crippen LogP contribution in [0.3, 0.4) is 0 Å². The van der Waals surface area contributed by atoms with Gasteiger partial charge in [0.25, 0.3) is 10.0 Å². The van der Waals surface area contributed by atoms with E-state index in [1.165, 1.54) is 49.5 Å². The number of sulfonamides is 1. The van der Waals surface area contributed by atoms with E-state index in [-0.39, 0.29) is 46.3 Å². The second kappa shape index (κ2) is 16.6. The van der Waals surface area contributed by atoms with Gasteiger partial charge in [-0.2, -0.15) is 0 Å². The molecule has 1 atom stereocenters. The molecule has 1 saturated carbocycles. The Bertz CT molecular complexity index is 1910. The van der Waals surface area contributed by atoms with Crippen molar-refractivity contribution in [3.63, 3.8) is 0 Å². The van der Waals surface area contributed by atoms with Crippen LogP contribution in [0.5, 0.6) is 11.5 Å². The van der Waals surface area contributed by atoms with Crippen molar-refractivity contribution < 1.29 is 31.9 Å². The summed E-state index contributed by atoms with van der Waals surface area (Å²) in [6.45, 7) is -0.801. The summed E-state index contributed by atoms with van der Waals surface area (Å²) in [5, 5.41) is 3.71. The Morgan fingerprint density at radius 1 is 0.860 bits per heavy atom. The maximum atomic E-state index is 14.7. The van der Waals surface area contributed by atoms with Crippen LogP contribution < -0.4 is 19.1 Å². The van der Waals surface area contributed by atoms with Gasteiger partial charge in [-0.3, -0.25) is 13.9 Å². The van der Waals surface area contributed by atoms with Crippen LogP contribution in [0.2, 0.25) is 10.0 Å². The van der Waals surface area contributed by atoms with Gasteiger partial charge in [0.2, 0.25) is 11.8 Å². The number of anilines is 1. The minimum absolute atomic E-state index is 0.0381. The molecule has 0 spiro atoms.